The quantitative estimate of drug-likeness (QED) is 0.889. The summed E-state index contributed by atoms with van der Waals surface area (Å²) in [5, 5.41) is 8.23. The maximum Gasteiger partial charge on any atom is 0.151 e. The zero-order valence-electron chi connectivity index (χ0n) is 10.8. The van der Waals surface area contributed by atoms with Crippen LogP contribution < -0.4 is 10.6 Å². The summed E-state index contributed by atoms with van der Waals surface area (Å²) in [5.41, 5.74) is 8.89. The normalized spacial score (nSPS) is 10.4. The summed E-state index contributed by atoms with van der Waals surface area (Å²) in [7, 11) is 2.01. The number of nitrogens with zero attached hydrogens (tertiary/aromatic N) is 3. The minimum absolute atomic E-state index is 0.583. The largest absolute Gasteiger partial charge is 0.354 e. The zero-order chi connectivity index (χ0) is 13.0. The Bertz CT molecular complexity index is 490. The fourth-order valence-electron chi connectivity index (χ4n) is 1.73. The molecule has 0 aliphatic heterocycles. The van der Waals surface area contributed by atoms with Crippen LogP contribution in [0, 0.1) is 6.92 Å². The van der Waals surface area contributed by atoms with Crippen molar-refractivity contribution in [1.82, 2.24) is 10.2 Å². The van der Waals surface area contributed by atoms with Gasteiger partial charge in [0.25, 0.3) is 0 Å². The van der Waals surface area contributed by atoms with Crippen LogP contribution in [0.5, 0.6) is 0 Å². The lowest BCUT2D eigenvalue weighted by molar-refractivity contribution is 0.856. The van der Waals surface area contributed by atoms with E-state index >= 15 is 0 Å². The molecular formula is C14H18N4. The predicted molar refractivity (Wildman–Crippen MR) is 73.2 cm³/mol. The first-order valence-corrected chi connectivity index (χ1v) is 5.98. The van der Waals surface area contributed by atoms with Crippen LogP contribution >= 0.6 is 0 Å². The average Bonchev–Trinajstić information content (AvgIpc) is 2.40. The number of anilines is 1. The average molecular weight is 242 g/mol. The van der Waals surface area contributed by atoms with Crippen LogP contribution in [-0.4, -0.2) is 17.2 Å². The number of aryl methyl sites for hydroxylation is 1. The summed E-state index contributed by atoms with van der Waals surface area (Å²) in [6.07, 6.45) is 0. The molecule has 0 aliphatic rings. The summed E-state index contributed by atoms with van der Waals surface area (Å²) in [5.74, 6) is 0.878. The van der Waals surface area contributed by atoms with Crippen molar-refractivity contribution < 1.29 is 0 Å². The number of benzene rings is 1. The highest BCUT2D eigenvalue weighted by atomic mass is 15.2. The SMILES string of the molecule is Cc1ccc(N(C)Cc2ccc(CN)cc2)nn1. The van der Waals surface area contributed by atoms with E-state index < -0.39 is 0 Å². The van der Waals surface area contributed by atoms with Crippen LogP contribution in [0.15, 0.2) is 36.4 Å². The molecule has 4 nitrogen and oxygen atoms in total. The molecule has 4 heteroatoms. The third-order valence-corrected chi connectivity index (χ3v) is 2.85. The topological polar surface area (TPSA) is 55.0 Å². The minimum Gasteiger partial charge on any atom is -0.354 e. The van der Waals surface area contributed by atoms with Gasteiger partial charge in [0.1, 0.15) is 0 Å². The lowest BCUT2D eigenvalue weighted by Crippen LogP contribution is -2.18. The zero-order valence-corrected chi connectivity index (χ0v) is 10.8. The van der Waals surface area contributed by atoms with Gasteiger partial charge in [0.15, 0.2) is 5.82 Å². The van der Waals surface area contributed by atoms with Gasteiger partial charge in [-0.15, -0.1) is 5.10 Å². The van der Waals surface area contributed by atoms with Gasteiger partial charge in [0, 0.05) is 20.1 Å². The first-order valence-electron chi connectivity index (χ1n) is 5.98. The van der Waals surface area contributed by atoms with Crippen LogP contribution in [0.4, 0.5) is 5.82 Å². The lowest BCUT2D eigenvalue weighted by Gasteiger charge is -2.17. The Kier molecular flexibility index (Phi) is 3.89. The molecule has 0 amide bonds. The third kappa shape index (κ3) is 3.05. The van der Waals surface area contributed by atoms with Gasteiger partial charge >= 0.3 is 0 Å². The van der Waals surface area contributed by atoms with E-state index in [1.165, 1.54) is 5.56 Å². The summed E-state index contributed by atoms with van der Waals surface area (Å²) in [6, 6.07) is 12.3. The Hall–Kier alpha value is -1.94. The molecule has 2 aromatic rings. The highest BCUT2D eigenvalue weighted by molar-refractivity contribution is 5.37. The third-order valence-electron chi connectivity index (χ3n) is 2.85. The number of hydrogen-bond donors (Lipinski definition) is 1. The van der Waals surface area contributed by atoms with E-state index in [2.05, 4.69) is 39.4 Å². The lowest BCUT2D eigenvalue weighted by atomic mass is 10.1. The summed E-state index contributed by atoms with van der Waals surface area (Å²) < 4.78 is 0. The van der Waals surface area contributed by atoms with Gasteiger partial charge in [-0.05, 0) is 30.2 Å². The molecule has 0 saturated heterocycles. The number of hydrogen-bond acceptors (Lipinski definition) is 4. The molecule has 94 valence electrons. The van der Waals surface area contributed by atoms with Gasteiger partial charge in [0.2, 0.25) is 0 Å². The molecule has 0 radical (unpaired) electrons. The Balaban J connectivity index is 2.05. The summed E-state index contributed by atoms with van der Waals surface area (Å²) >= 11 is 0. The van der Waals surface area contributed by atoms with Gasteiger partial charge in [-0.2, -0.15) is 5.10 Å². The molecule has 0 atom stereocenters. The van der Waals surface area contributed by atoms with Crippen molar-refractivity contribution in [2.24, 2.45) is 5.73 Å². The molecule has 0 aliphatic carbocycles. The second-order valence-electron chi connectivity index (χ2n) is 4.41. The maximum absolute atomic E-state index is 5.58. The monoisotopic (exact) mass is 242 g/mol. The van der Waals surface area contributed by atoms with Crippen molar-refractivity contribution in [3.8, 4) is 0 Å². The van der Waals surface area contributed by atoms with Gasteiger partial charge in [0.05, 0.1) is 5.69 Å². The van der Waals surface area contributed by atoms with Crippen molar-refractivity contribution in [3.05, 3.63) is 53.2 Å². The molecule has 0 unspecified atom stereocenters. The minimum atomic E-state index is 0.583. The van der Waals surface area contributed by atoms with Crippen LogP contribution in [-0.2, 0) is 13.1 Å². The fourth-order valence-corrected chi connectivity index (χ4v) is 1.73. The molecule has 0 saturated carbocycles. The summed E-state index contributed by atoms with van der Waals surface area (Å²) in [4.78, 5) is 2.07. The first kappa shape index (κ1) is 12.5. The van der Waals surface area contributed by atoms with E-state index in [0.29, 0.717) is 6.54 Å². The Morgan fingerprint density at radius 2 is 1.67 bits per heavy atom. The molecule has 2 N–H and O–H groups in total. The molecule has 0 spiro atoms. The second-order valence-corrected chi connectivity index (χ2v) is 4.41. The van der Waals surface area contributed by atoms with Crippen molar-refractivity contribution in [3.63, 3.8) is 0 Å². The van der Waals surface area contributed by atoms with Crippen LogP contribution in [0.25, 0.3) is 0 Å². The van der Waals surface area contributed by atoms with Gasteiger partial charge in [-0.3, -0.25) is 0 Å². The van der Waals surface area contributed by atoms with Crippen LogP contribution in [0.3, 0.4) is 0 Å². The fraction of sp³-hybridized carbons (Fsp3) is 0.286. The smallest absolute Gasteiger partial charge is 0.151 e. The molecular weight excluding hydrogens is 224 g/mol. The van der Waals surface area contributed by atoms with Crippen molar-refractivity contribution in [1.29, 1.82) is 0 Å². The maximum atomic E-state index is 5.58. The highest BCUT2D eigenvalue weighted by Crippen LogP contribution is 2.12. The molecule has 1 aromatic carbocycles. The second kappa shape index (κ2) is 5.60. The first-order chi connectivity index (χ1) is 8.69. The standard InChI is InChI=1S/C14H18N4/c1-11-3-8-14(17-16-11)18(2)10-13-6-4-12(9-15)5-7-13/h3-8H,9-10,15H2,1-2H3. The predicted octanol–water partition coefficient (Wildman–Crippen LogP) is 1.88. The Morgan fingerprint density at radius 1 is 1.00 bits per heavy atom. The number of aromatic nitrogens is 2. The molecule has 0 fully saturated rings. The summed E-state index contributed by atoms with van der Waals surface area (Å²) in [6.45, 7) is 3.32. The van der Waals surface area contributed by atoms with E-state index in [4.69, 9.17) is 5.73 Å². The van der Waals surface area contributed by atoms with E-state index in [9.17, 15) is 0 Å². The van der Waals surface area contributed by atoms with Gasteiger partial charge in [-0.25, -0.2) is 0 Å². The van der Waals surface area contributed by atoms with E-state index in [1.807, 2.05) is 26.1 Å². The number of rotatable bonds is 4. The van der Waals surface area contributed by atoms with E-state index in [1.54, 1.807) is 0 Å². The molecule has 2 rings (SSSR count). The van der Waals surface area contributed by atoms with Crippen molar-refractivity contribution >= 4 is 5.82 Å². The van der Waals surface area contributed by atoms with Gasteiger partial charge in [-0.1, -0.05) is 24.3 Å². The molecule has 18 heavy (non-hydrogen) atoms. The molecule has 1 heterocycles. The van der Waals surface area contributed by atoms with Crippen molar-refractivity contribution in [2.45, 2.75) is 20.0 Å². The van der Waals surface area contributed by atoms with E-state index in [0.717, 1.165) is 23.6 Å². The van der Waals surface area contributed by atoms with Crippen LogP contribution in [0.1, 0.15) is 16.8 Å². The van der Waals surface area contributed by atoms with E-state index in [-0.39, 0.29) is 0 Å². The molecule has 1 aromatic heterocycles. The highest BCUT2D eigenvalue weighted by Gasteiger charge is 2.03. The Morgan fingerprint density at radius 3 is 2.22 bits per heavy atom. The Labute approximate surface area is 107 Å². The van der Waals surface area contributed by atoms with Crippen molar-refractivity contribution in [2.75, 3.05) is 11.9 Å². The van der Waals surface area contributed by atoms with Gasteiger partial charge < -0.3 is 10.6 Å². The molecule has 0 bridgehead atoms. The number of nitrogens with two attached hydrogens (primary N) is 1. The van der Waals surface area contributed by atoms with Crippen LogP contribution in [0.2, 0.25) is 0 Å².